The average Bonchev–Trinajstić information content (AvgIpc) is 3.10. The van der Waals surface area contributed by atoms with Crippen molar-refractivity contribution in [3.05, 3.63) is 94.2 Å². The molecular weight excluding hydrogens is 390 g/mol. The van der Waals surface area contributed by atoms with Gasteiger partial charge in [-0.2, -0.15) is 0 Å². The predicted octanol–water partition coefficient (Wildman–Crippen LogP) is 4.97. The van der Waals surface area contributed by atoms with Gasteiger partial charge in [0.1, 0.15) is 24.0 Å². The molecule has 5 nitrogen and oxygen atoms in total. The molecule has 0 bridgehead atoms. The summed E-state index contributed by atoms with van der Waals surface area (Å²) < 4.78 is 17.6. The van der Waals surface area contributed by atoms with Crippen LogP contribution >= 0.6 is 0 Å². The summed E-state index contributed by atoms with van der Waals surface area (Å²) in [4.78, 5) is 15.1. The molecule has 5 rings (SSSR count). The van der Waals surface area contributed by atoms with Crippen LogP contribution in [0, 0.1) is 6.92 Å². The maximum absolute atomic E-state index is 13.0. The number of nitrogens with zero attached hydrogens (tertiary/aromatic N) is 1. The molecule has 0 atom stereocenters. The Morgan fingerprint density at radius 3 is 2.81 bits per heavy atom. The van der Waals surface area contributed by atoms with Crippen LogP contribution in [-0.4, -0.2) is 24.5 Å². The molecule has 0 amide bonds. The number of carbonyl (C=O) groups excluding carboxylic acids is 1. The van der Waals surface area contributed by atoms with Crippen molar-refractivity contribution < 1.29 is 19.0 Å². The fourth-order valence-corrected chi connectivity index (χ4v) is 4.09. The lowest BCUT2D eigenvalue weighted by Gasteiger charge is -2.30. The van der Waals surface area contributed by atoms with E-state index in [1.807, 2.05) is 61.5 Å². The van der Waals surface area contributed by atoms with Crippen molar-refractivity contribution in [2.75, 3.05) is 13.8 Å². The normalized spacial score (nSPS) is 16.5. The Morgan fingerprint density at radius 1 is 1.10 bits per heavy atom. The second-order valence-corrected chi connectivity index (χ2v) is 7.85. The first-order valence-corrected chi connectivity index (χ1v) is 10.3. The lowest BCUT2D eigenvalue weighted by atomic mass is 10.0. The highest BCUT2D eigenvalue weighted by molar-refractivity contribution is 6.15. The third kappa shape index (κ3) is 3.68. The molecule has 0 aliphatic carbocycles. The predicted molar refractivity (Wildman–Crippen MR) is 118 cm³/mol. The number of hydrogen-bond acceptors (Lipinski definition) is 5. The molecule has 31 heavy (non-hydrogen) atoms. The second kappa shape index (κ2) is 7.93. The van der Waals surface area contributed by atoms with Crippen molar-refractivity contribution in [1.82, 2.24) is 4.90 Å². The molecule has 0 unspecified atom stereocenters. The highest BCUT2D eigenvalue weighted by Crippen LogP contribution is 2.42. The van der Waals surface area contributed by atoms with Crippen LogP contribution in [0.15, 0.2) is 66.4 Å². The molecule has 0 fully saturated rings. The van der Waals surface area contributed by atoms with Crippen LogP contribution in [0.4, 0.5) is 0 Å². The molecule has 5 heteroatoms. The molecule has 2 aliphatic rings. The Hall–Kier alpha value is -3.57. The van der Waals surface area contributed by atoms with Crippen molar-refractivity contribution in [3.63, 3.8) is 0 Å². The summed E-state index contributed by atoms with van der Waals surface area (Å²) in [6, 6.07) is 19.6. The molecule has 0 saturated carbocycles. The van der Waals surface area contributed by atoms with Gasteiger partial charge >= 0.3 is 0 Å². The van der Waals surface area contributed by atoms with Crippen molar-refractivity contribution in [3.8, 4) is 17.2 Å². The first-order valence-electron chi connectivity index (χ1n) is 10.3. The summed E-state index contributed by atoms with van der Waals surface area (Å²) in [6.07, 6.45) is 1.80. The lowest BCUT2D eigenvalue weighted by Crippen LogP contribution is -2.31. The minimum atomic E-state index is -0.0961. The van der Waals surface area contributed by atoms with E-state index < -0.39 is 0 Å². The van der Waals surface area contributed by atoms with Gasteiger partial charge in [-0.15, -0.1) is 0 Å². The Morgan fingerprint density at radius 2 is 1.97 bits per heavy atom. The highest BCUT2D eigenvalue weighted by Gasteiger charge is 2.33. The van der Waals surface area contributed by atoms with E-state index in [2.05, 4.69) is 4.90 Å². The number of carbonyl (C=O) groups is 1. The van der Waals surface area contributed by atoms with E-state index in [0.29, 0.717) is 36.9 Å². The molecule has 0 saturated heterocycles. The number of fused-ring (bicyclic) bond motifs is 3. The Bertz CT molecular complexity index is 1200. The zero-order valence-corrected chi connectivity index (χ0v) is 17.6. The van der Waals surface area contributed by atoms with Gasteiger partial charge in [0.05, 0.1) is 18.2 Å². The van der Waals surface area contributed by atoms with Gasteiger partial charge in [-0.05, 0) is 36.8 Å². The number of Topliss-reactive ketones (excluding diaryl/α,β-unsaturated/α-hetero) is 1. The van der Waals surface area contributed by atoms with Gasteiger partial charge < -0.3 is 14.2 Å². The van der Waals surface area contributed by atoms with Crippen LogP contribution < -0.4 is 14.2 Å². The maximum Gasteiger partial charge on any atom is 0.231 e. The van der Waals surface area contributed by atoms with Gasteiger partial charge in [-0.1, -0.05) is 48.0 Å². The molecule has 3 aromatic carbocycles. The minimum Gasteiger partial charge on any atom is -0.496 e. The van der Waals surface area contributed by atoms with Crippen LogP contribution in [-0.2, 0) is 13.1 Å². The van der Waals surface area contributed by atoms with Crippen molar-refractivity contribution in [1.29, 1.82) is 0 Å². The highest BCUT2D eigenvalue weighted by atomic mass is 16.5. The van der Waals surface area contributed by atoms with Gasteiger partial charge in [0.15, 0.2) is 5.76 Å². The number of benzene rings is 3. The summed E-state index contributed by atoms with van der Waals surface area (Å²) in [7, 11) is 1.68. The standard InChI is InChI=1S/C26H23NO4/c1-17-6-5-7-18(12-17)13-24-25(28)20-10-11-23-21(26(20)31-24)15-27(16-30-23)14-19-8-3-4-9-22(19)29-2/h3-13H,14-16H2,1-2H3/b24-13-. The molecule has 2 heterocycles. The number of hydrogen-bond donors (Lipinski definition) is 0. The number of rotatable bonds is 4. The first-order chi connectivity index (χ1) is 15.1. The van der Waals surface area contributed by atoms with E-state index in [-0.39, 0.29) is 5.78 Å². The van der Waals surface area contributed by atoms with Crippen molar-refractivity contribution in [2.24, 2.45) is 0 Å². The van der Waals surface area contributed by atoms with Gasteiger partial charge in [0.2, 0.25) is 5.78 Å². The van der Waals surface area contributed by atoms with Gasteiger partial charge in [0, 0.05) is 18.7 Å². The molecule has 0 spiro atoms. The number of ketones is 1. The summed E-state index contributed by atoms with van der Waals surface area (Å²) >= 11 is 0. The SMILES string of the molecule is COc1ccccc1CN1COc2ccc3c(c2C1)O/C(=C\c1cccc(C)c1)C3=O. The third-order valence-corrected chi connectivity index (χ3v) is 5.61. The summed E-state index contributed by atoms with van der Waals surface area (Å²) in [5.74, 6) is 2.46. The van der Waals surface area contributed by atoms with E-state index in [4.69, 9.17) is 14.2 Å². The van der Waals surface area contributed by atoms with Crippen LogP contribution in [0.25, 0.3) is 6.08 Å². The quantitative estimate of drug-likeness (QED) is 0.565. The number of para-hydroxylation sites is 1. The summed E-state index contributed by atoms with van der Waals surface area (Å²) in [5, 5.41) is 0. The lowest BCUT2D eigenvalue weighted by molar-refractivity contribution is 0.0865. The summed E-state index contributed by atoms with van der Waals surface area (Å²) in [6.45, 7) is 3.79. The monoisotopic (exact) mass is 413 g/mol. The topological polar surface area (TPSA) is 48.0 Å². The molecule has 0 radical (unpaired) electrons. The Kier molecular flexibility index (Phi) is 4.96. The van der Waals surface area contributed by atoms with Gasteiger partial charge in [0.25, 0.3) is 0 Å². The Labute approximate surface area is 181 Å². The van der Waals surface area contributed by atoms with Gasteiger partial charge in [-0.25, -0.2) is 0 Å². The largest absolute Gasteiger partial charge is 0.496 e. The van der Waals surface area contributed by atoms with E-state index in [1.165, 1.54) is 0 Å². The van der Waals surface area contributed by atoms with Crippen LogP contribution in [0.2, 0.25) is 0 Å². The second-order valence-electron chi connectivity index (χ2n) is 7.85. The van der Waals surface area contributed by atoms with Gasteiger partial charge in [-0.3, -0.25) is 9.69 Å². The third-order valence-electron chi connectivity index (χ3n) is 5.61. The average molecular weight is 413 g/mol. The molecule has 156 valence electrons. The van der Waals surface area contributed by atoms with Crippen LogP contribution in [0.3, 0.4) is 0 Å². The van der Waals surface area contributed by atoms with Crippen molar-refractivity contribution >= 4 is 11.9 Å². The fourth-order valence-electron chi connectivity index (χ4n) is 4.09. The number of methoxy groups -OCH3 is 1. The van der Waals surface area contributed by atoms with E-state index in [0.717, 1.165) is 33.8 Å². The zero-order chi connectivity index (χ0) is 21.4. The van der Waals surface area contributed by atoms with Crippen LogP contribution in [0.5, 0.6) is 17.2 Å². The minimum absolute atomic E-state index is 0.0961. The fraction of sp³-hybridized carbons (Fsp3) is 0.192. The smallest absolute Gasteiger partial charge is 0.231 e. The zero-order valence-electron chi connectivity index (χ0n) is 17.6. The maximum atomic E-state index is 13.0. The number of ether oxygens (including phenoxy) is 3. The Balaban J connectivity index is 1.43. The molecular formula is C26H23NO4. The number of aryl methyl sites for hydroxylation is 1. The summed E-state index contributed by atoms with van der Waals surface area (Å²) in [5.41, 5.74) is 4.65. The molecule has 3 aromatic rings. The molecule has 0 aromatic heterocycles. The van der Waals surface area contributed by atoms with E-state index in [9.17, 15) is 4.79 Å². The number of allylic oxidation sites excluding steroid dienone is 1. The van der Waals surface area contributed by atoms with Crippen molar-refractivity contribution in [2.45, 2.75) is 20.0 Å². The first kappa shape index (κ1) is 19.4. The molecule has 2 aliphatic heterocycles. The van der Waals surface area contributed by atoms with E-state index in [1.54, 1.807) is 19.3 Å². The van der Waals surface area contributed by atoms with Crippen LogP contribution in [0.1, 0.15) is 32.6 Å². The van der Waals surface area contributed by atoms with E-state index >= 15 is 0 Å². The molecule has 0 N–H and O–H groups in total.